The second-order valence-corrected chi connectivity index (χ2v) is 6.32. The Morgan fingerprint density at radius 2 is 1.96 bits per heavy atom. The van der Waals surface area contributed by atoms with Crippen LogP contribution in [0.5, 0.6) is 0 Å². The Kier molecular flexibility index (Phi) is 6.33. The summed E-state index contributed by atoms with van der Waals surface area (Å²) in [5.41, 5.74) is 1.70. The van der Waals surface area contributed by atoms with Gasteiger partial charge < -0.3 is 35.0 Å². The van der Waals surface area contributed by atoms with Gasteiger partial charge in [-0.25, -0.2) is 0 Å². The molecule has 5 N–H and O–H groups in total. The van der Waals surface area contributed by atoms with Crippen molar-refractivity contribution >= 4 is 0 Å². The smallest absolute Gasteiger partial charge is 0.187 e. The number of hydrogen-bond acceptors (Lipinski definition) is 7. The molecule has 1 fully saturated rings. The molecule has 7 heteroatoms. The summed E-state index contributed by atoms with van der Waals surface area (Å²) in [6.07, 6.45) is -3.94. The second kappa shape index (κ2) is 7.85. The first kappa shape index (κ1) is 18.5. The Hall–Kier alpha value is -0.800. The van der Waals surface area contributed by atoms with E-state index in [4.69, 9.17) is 14.6 Å². The molecule has 7 atom stereocenters. The predicted octanol–water partition coefficient (Wildman–Crippen LogP) is -0.924. The third kappa shape index (κ3) is 4.19. The molecule has 0 radical (unpaired) electrons. The van der Waals surface area contributed by atoms with Gasteiger partial charge in [-0.05, 0) is 31.3 Å². The summed E-state index contributed by atoms with van der Waals surface area (Å²) in [7, 11) is 0. The maximum atomic E-state index is 10.2. The van der Waals surface area contributed by atoms with E-state index in [1.807, 2.05) is 13.0 Å². The molecule has 0 spiro atoms. The lowest BCUT2D eigenvalue weighted by Gasteiger charge is -2.40. The standard InChI is InChI=1S/C16H26O7/c1-8(2)9-3-4-10(11(18)5-9)7-22-16-15(21)14(20)13(19)12(6-17)23-16/h4,9,11-21H,1,3,5-7H2,2H3/t9-,11-,12+,13+,14-,15+,16+/m0/s1. The van der Waals surface area contributed by atoms with Crippen molar-refractivity contribution in [3.05, 3.63) is 23.8 Å². The fraction of sp³-hybridized carbons (Fsp3) is 0.750. The van der Waals surface area contributed by atoms with Crippen LogP contribution in [0.2, 0.25) is 0 Å². The molecule has 2 rings (SSSR count). The highest BCUT2D eigenvalue weighted by atomic mass is 16.7. The van der Waals surface area contributed by atoms with Gasteiger partial charge in [0.25, 0.3) is 0 Å². The molecule has 132 valence electrons. The molecule has 0 saturated carbocycles. The van der Waals surface area contributed by atoms with Crippen LogP contribution in [0.25, 0.3) is 0 Å². The number of allylic oxidation sites excluding steroid dienone is 2. The molecule has 0 aromatic carbocycles. The molecule has 1 saturated heterocycles. The first-order chi connectivity index (χ1) is 10.8. The zero-order valence-corrected chi connectivity index (χ0v) is 13.2. The van der Waals surface area contributed by atoms with Crippen molar-refractivity contribution in [2.75, 3.05) is 13.2 Å². The van der Waals surface area contributed by atoms with E-state index in [1.54, 1.807) is 0 Å². The minimum Gasteiger partial charge on any atom is -0.394 e. The maximum Gasteiger partial charge on any atom is 0.187 e. The van der Waals surface area contributed by atoms with Crippen molar-refractivity contribution < 1.29 is 35.0 Å². The lowest BCUT2D eigenvalue weighted by atomic mass is 9.84. The van der Waals surface area contributed by atoms with Gasteiger partial charge in [0.05, 0.1) is 19.3 Å². The third-order valence-electron chi connectivity index (χ3n) is 4.56. The van der Waals surface area contributed by atoms with E-state index < -0.39 is 43.4 Å². The quantitative estimate of drug-likeness (QED) is 0.413. The molecule has 0 aromatic rings. The Bertz CT molecular complexity index is 448. The average molecular weight is 330 g/mol. The molecule has 0 unspecified atom stereocenters. The molecule has 1 aliphatic carbocycles. The van der Waals surface area contributed by atoms with Gasteiger partial charge in [-0.2, -0.15) is 0 Å². The average Bonchev–Trinajstić information content (AvgIpc) is 2.53. The lowest BCUT2D eigenvalue weighted by Crippen LogP contribution is -2.59. The first-order valence-corrected chi connectivity index (χ1v) is 7.79. The van der Waals surface area contributed by atoms with E-state index in [1.165, 1.54) is 0 Å². The van der Waals surface area contributed by atoms with Gasteiger partial charge in [-0.15, -0.1) is 0 Å². The van der Waals surface area contributed by atoms with Crippen molar-refractivity contribution in [3.8, 4) is 0 Å². The number of hydrogen-bond donors (Lipinski definition) is 5. The van der Waals surface area contributed by atoms with E-state index in [9.17, 15) is 20.4 Å². The molecule has 0 amide bonds. The number of aliphatic hydroxyl groups is 5. The Balaban J connectivity index is 1.93. The zero-order chi connectivity index (χ0) is 17.1. The number of ether oxygens (including phenoxy) is 2. The van der Waals surface area contributed by atoms with Gasteiger partial charge in [-0.1, -0.05) is 18.2 Å². The zero-order valence-electron chi connectivity index (χ0n) is 13.2. The van der Waals surface area contributed by atoms with Crippen molar-refractivity contribution in [1.29, 1.82) is 0 Å². The second-order valence-electron chi connectivity index (χ2n) is 6.32. The number of aliphatic hydroxyl groups excluding tert-OH is 5. The van der Waals surface area contributed by atoms with Crippen LogP contribution < -0.4 is 0 Å². The van der Waals surface area contributed by atoms with Gasteiger partial charge in [-0.3, -0.25) is 0 Å². The van der Waals surface area contributed by atoms with Gasteiger partial charge in [0, 0.05) is 0 Å². The fourth-order valence-electron chi connectivity index (χ4n) is 2.89. The van der Waals surface area contributed by atoms with Crippen LogP contribution in [0, 0.1) is 5.92 Å². The molecule has 23 heavy (non-hydrogen) atoms. The summed E-state index contributed by atoms with van der Waals surface area (Å²) in [5.74, 6) is 0.237. The minimum atomic E-state index is -1.47. The van der Waals surface area contributed by atoms with E-state index in [0.29, 0.717) is 12.0 Å². The van der Waals surface area contributed by atoms with Crippen LogP contribution in [0.15, 0.2) is 23.8 Å². The van der Waals surface area contributed by atoms with Crippen molar-refractivity contribution in [2.45, 2.75) is 56.6 Å². The van der Waals surface area contributed by atoms with Gasteiger partial charge in [0.2, 0.25) is 0 Å². The highest BCUT2D eigenvalue weighted by molar-refractivity contribution is 5.17. The van der Waals surface area contributed by atoms with Crippen LogP contribution >= 0.6 is 0 Å². The highest BCUT2D eigenvalue weighted by Crippen LogP contribution is 2.29. The monoisotopic (exact) mass is 330 g/mol. The molecule has 0 aromatic heterocycles. The van der Waals surface area contributed by atoms with Crippen LogP contribution in [0.3, 0.4) is 0 Å². The van der Waals surface area contributed by atoms with Crippen LogP contribution in [0.1, 0.15) is 19.8 Å². The molecule has 2 aliphatic rings. The van der Waals surface area contributed by atoms with Gasteiger partial charge >= 0.3 is 0 Å². The van der Waals surface area contributed by atoms with Crippen LogP contribution in [-0.4, -0.2) is 75.6 Å². The van der Waals surface area contributed by atoms with E-state index in [2.05, 4.69) is 6.58 Å². The normalized spacial score (nSPS) is 41.5. The van der Waals surface area contributed by atoms with E-state index in [-0.39, 0.29) is 12.5 Å². The topological polar surface area (TPSA) is 120 Å². The molecule has 1 heterocycles. The van der Waals surface area contributed by atoms with E-state index >= 15 is 0 Å². The van der Waals surface area contributed by atoms with Gasteiger partial charge in [0.15, 0.2) is 6.29 Å². The largest absolute Gasteiger partial charge is 0.394 e. The summed E-state index contributed by atoms with van der Waals surface area (Å²) in [5, 5.41) is 48.6. The molecular formula is C16H26O7. The summed E-state index contributed by atoms with van der Waals surface area (Å²) in [4.78, 5) is 0. The third-order valence-corrected chi connectivity index (χ3v) is 4.56. The summed E-state index contributed by atoms with van der Waals surface area (Å²) in [6, 6.07) is 0. The predicted molar refractivity (Wildman–Crippen MR) is 81.3 cm³/mol. The Morgan fingerprint density at radius 1 is 1.26 bits per heavy atom. The maximum absolute atomic E-state index is 10.2. The summed E-state index contributed by atoms with van der Waals surface area (Å²) >= 11 is 0. The molecule has 1 aliphatic heterocycles. The number of rotatable bonds is 5. The summed E-state index contributed by atoms with van der Waals surface area (Å²) < 4.78 is 10.7. The van der Waals surface area contributed by atoms with E-state index in [0.717, 1.165) is 12.0 Å². The lowest BCUT2D eigenvalue weighted by molar-refractivity contribution is -0.299. The van der Waals surface area contributed by atoms with Crippen LogP contribution in [0.4, 0.5) is 0 Å². The SMILES string of the molecule is C=C(C)[C@H]1CC=C(CO[C@@H]2O[C@H](CO)[C@@H](O)[C@H](O)[C@H]2O)[C@@H](O)C1. The van der Waals surface area contributed by atoms with Crippen molar-refractivity contribution in [1.82, 2.24) is 0 Å². The van der Waals surface area contributed by atoms with Crippen molar-refractivity contribution in [3.63, 3.8) is 0 Å². The van der Waals surface area contributed by atoms with Crippen LogP contribution in [-0.2, 0) is 9.47 Å². The highest BCUT2D eigenvalue weighted by Gasteiger charge is 2.44. The molecular weight excluding hydrogens is 304 g/mol. The molecule has 0 bridgehead atoms. The minimum absolute atomic E-state index is 0.0345. The first-order valence-electron chi connectivity index (χ1n) is 7.79. The van der Waals surface area contributed by atoms with Gasteiger partial charge in [0.1, 0.15) is 24.4 Å². The fourth-order valence-corrected chi connectivity index (χ4v) is 2.89. The summed E-state index contributed by atoms with van der Waals surface area (Å²) in [6.45, 7) is 5.36. The Labute approximate surface area is 135 Å². The molecule has 7 nitrogen and oxygen atoms in total. The Morgan fingerprint density at radius 3 is 2.52 bits per heavy atom. The van der Waals surface area contributed by atoms with Crippen molar-refractivity contribution in [2.24, 2.45) is 5.92 Å².